The number of hydrogen-bond acceptors (Lipinski definition) is 2. The largest absolute Gasteiger partial charge is 0.305 e. The van der Waals surface area contributed by atoms with E-state index in [-0.39, 0.29) is 11.9 Å². The Hall–Kier alpha value is -2.33. The topological polar surface area (TPSA) is 23.6 Å². The summed E-state index contributed by atoms with van der Waals surface area (Å²) in [5.74, 6) is 0.617. The second-order valence-corrected chi connectivity index (χ2v) is 10.7. The maximum atomic E-state index is 13.7. The summed E-state index contributed by atoms with van der Waals surface area (Å²) >= 11 is 12.2. The minimum absolute atomic E-state index is 0.0160. The third-order valence-corrected chi connectivity index (χ3v) is 8.21. The molecule has 2 aliphatic rings. The molecule has 5 rings (SSSR count). The van der Waals surface area contributed by atoms with Gasteiger partial charge in [-0.15, -0.1) is 0 Å². The predicted molar refractivity (Wildman–Crippen MR) is 146 cm³/mol. The molecule has 1 saturated carbocycles. The van der Waals surface area contributed by atoms with Crippen molar-refractivity contribution >= 4 is 34.8 Å². The fourth-order valence-electron chi connectivity index (χ4n) is 5.94. The number of halogens is 2. The molecule has 1 amide bonds. The lowest BCUT2D eigenvalue weighted by Crippen LogP contribution is -2.51. The van der Waals surface area contributed by atoms with Crippen LogP contribution in [0.2, 0.25) is 10.0 Å². The highest BCUT2D eigenvalue weighted by Gasteiger charge is 2.36. The summed E-state index contributed by atoms with van der Waals surface area (Å²) in [7, 11) is 0. The Morgan fingerprint density at radius 1 is 0.743 bits per heavy atom. The molecule has 3 nitrogen and oxygen atoms in total. The second kappa shape index (κ2) is 11.2. The Morgan fingerprint density at radius 3 is 2.00 bits per heavy atom. The molecule has 182 valence electrons. The number of anilines is 1. The number of nitrogens with zero attached hydrogens (tertiary/aromatic N) is 2. The average Bonchev–Trinajstić information content (AvgIpc) is 2.91. The summed E-state index contributed by atoms with van der Waals surface area (Å²) in [5, 5.41) is 1.31. The Bertz CT molecular complexity index is 1110. The van der Waals surface area contributed by atoms with Gasteiger partial charge < -0.3 is 4.90 Å². The monoisotopic (exact) mass is 506 g/mol. The number of carbonyl (C=O) groups excluding carboxylic acids is 1. The number of likely N-dealkylation sites (tertiary alicyclic amines) is 1. The lowest BCUT2D eigenvalue weighted by atomic mass is 9.78. The highest BCUT2D eigenvalue weighted by atomic mass is 35.5. The first kappa shape index (κ1) is 24.4. The SMILES string of the molecule is O=C(c1ccc(Cl)cc1)N(c1ccc(Cl)cc1)C1CCN(C2CCCCC2c2ccccc2)CC1. The van der Waals surface area contributed by atoms with Crippen LogP contribution in [0.1, 0.15) is 60.4 Å². The van der Waals surface area contributed by atoms with E-state index in [2.05, 4.69) is 35.2 Å². The molecule has 0 N–H and O–H groups in total. The number of rotatable bonds is 5. The maximum Gasteiger partial charge on any atom is 0.258 e. The van der Waals surface area contributed by atoms with Crippen LogP contribution in [0.5, 0.6) is 0 Å². The third kappa shape index (κ3) is 5.58. The van der Waals surface area contributed by atoms with Crippen LogP contribution in [0.15, 0.2) is 78.9 Å². The van der Waals surface area contributed by atoms with Crippen LogP contribution in [0.25, 0.3) is 0 Å². The fourth-order valence-corrected chi connectivity index (χ4v) is 6.19. The van der Waals surface area contributed by atoms with Crippen LogP contribution < -0.4 is 4.90 Å². The van der Waals surface area contributed by atoms with Crippen molar-refractivity contribution in [3.8, 4) is 0 Å². The van der Waals surface area contributed by atoms with Crippen LogP contribution >= 0.6 is 23.2 Å². The van der Waals surface area contributed by atoms with E-state index in [1.165, 1.54) is 31.2 Å². The van der Waals surface area contributed by atoms with E-state index in [0.29, 0.717) is 27.6 Å². The van der Waals surface area contributed by atoms with Gasteiger partial charge in [0.1, 0.15) is 0 Å². The molecule has 1 saturated heterocycles. The minimum atomic E-state index is 0.0160. The molecule has 1 aliphatic heterocycles. The normalized spacial score (nSPS) is 21.5. The molecule has 0 spiro atoms. The van der Waals surface area contributed by atoms with Crippen molar-refractivity contribution in [2.45, 2.75) is 56.5 Å². The van der Waals surface area contributed by atoms with Gasteiger partial charge in [0.15, 0.2) is 0 Å². The van der Waals surface area contributed by atoms with Crippen molar-refractivity contribution in [2.24, 2.45) is 0 Å². The van der Waals surface area contributed by atoms with Gasteiger partial charge in [-0.05, 0) is 85.7 Å². The van der Waals surface area contributed by atoms with Crippen LogP contribution in [0.3, 0.4) is 0 Å². The molecule has 35 heavy (non-hydrogen) atoms. The van der Waals surface area contributed by atoms with Crippen LogP contribution in [-0.4, -0.2) is 36.0 Å². The molecule has 0 radical (unpaired) electrons. The first-order valence-electron chi connectivity index (χ1n) is 12.7. The summed E-state index contributed by atoms with van der Waals surface area (Å²) < 4.78 is 0. The van der Waals surface area contributed by atoms with Gasteiger partial charge in [-0.1, -0.05) is 66.4 Å². The zero-order valence-corrected chi connectivity index (χ0v) is 21.5. The Morgan fingerprint density at radius 2 is 1.34 bits per heavy atom. The van der Waals surface area contributed by atoms with E-state index < -0.39 is 0 Å². The molecule has 2 atom stereocenters. The van der Waals surface area contributed by atoms with E-state index in [9.17, 15) is 4.79 Å². The van der Waals surface area contributed by atoms with Crippen molar-refractivity contribution in [2.75, 3.05) is 18.0 Å². The van der Waals surface area contributed by atoms with E-state index in [1.807, 2.05) is 41.3 Å². The smallest absolute Gasteiger partial charge is 0.258 e. The highest BCUT2D eigenvalue weighted by molar-refractivity contribution is 6.31. The lowest BCUT2D eigenvalue weighted by Gasteiger charge is -2.45. The predicted octanol–water partition coefficient (Wildman–Crippen LogP) is 7.83. The first-order chi connectivity index (χ1) is 17.1. The van der Waals surface area contributed by atoms with Crippen molar-refractivity contribution in [1.82, 2.24) is 4.90 Å². The molecule has 0 bridgehead atoms. The van der Waals surface area contributed by atoms with E-state index in [1.54, 1.807) is 12.1 Å². The van der Waals surface area contributed by atoms with E-state index in [0.717, 1.165) is 31.6 Å². The van der Waals surface area contributed by atoms with Crippen LogP contribution in [0, 0.1) is 0 Å². The van der Waals surface area contributed by atoms with Gasteiger partial charge in [0, 0.05) is 46.5 Å². The van der Waals surface area contributed by atoms with Gasteiger partial charge in [0.2, 0.25) is 0 Å². The maximum absolute atomic E-state index is 13.7. The Labute approximate surface area is 218 Å². The zero-order valence-electron chi connectivity index (χ0n) is 20.0. The fraction of sp³-hybridized carbons (Fsp3) is 0.367. The van der Waals surface area contributed by atoms with Crippen LogP contribution in [0.4, 0.5) is 5.69 Å². The number of benzene rings is 3. The molecule has 1 heterocycles. The van der Waals surface area contributed by atoms with Crippen LogP contribution in [-0.2, 0) is 0 Å². The van der Waals surface area contributed by atoms with Gasteiger partial charge in [-0.3, -0.25) is 9.69 Å². The van der Waals surface area contributed by atoms with E-state index >= 15 is 0 Å². The number of piperidine rings is 1. The second-order valence-electron chi connectivity index (χ2n) is 9.79. The molecule has 0 aromatic heterocycles. The number of hydrogen-bond donors (Lipinski definition) is 0. The summed E-state index contributed by atoms with van der Waals surface area (Å²) in [5.41, 5.74) is 3.02. The van der Waals surface area contributed by atoms with Crippen molar-refractivity contribution in [3.63, 3.8) is 0 Å². The average molecular weight is 508 g/mol. The van der Waals surface area contributed by atoms with Gasteiger partial charge in [-0.2, -0.15) is 0 Å². The number of amides is 1. The summed E-state index contributed by atoms with van der Waals surface area (Å²) in [6, 6.07) is 26.6. The molecular formula is C30H32Cl2N2O. The van der Waals surface area contributed by atoms with Gasteiger partial charge in [0.05, 0.1) is 0 Å². The van der Waals surface area contributed by atoms with Gasteiger partial charge in [0.25, 0.3) is 5.91 Å². The standard InChI is InChI=1S/C30H32Cl2N2O/c31-24-12-10-23(11-13-24)30(35)34(26-16-14-25(32)15-17-26)27-18-20-33(21-19-27)29-9-5-4-8-28(29)22-6-2-1-3-7-22/h1-3,6-7,10-17,27-29H,4-5,8-9,18-21H2. The molecule has 1 aliphatic carbocycles. The van der Waals surface area contributed by atoms with Crippen molar-refractivity contribution in [1.29, 1.82) is 0 Å². The summed E-state index contributed by atoms with van der Waals surface area (Å²) in [6.07, 6.45) is 7.06. The molecule has 5 heteroatoms. The molecule has 2 unspecified atom stereocenters. The zero-order chi connectivity index (χ0) is 24.2. The molecule has 3 aromatic rings. The first-order valence-corrected chi connectivity index (χ1v) is 13.5. The van der Waals surface area contributed by atoms with E-state index in [4.69, 9.17) is 23.2 Å². The molecule has 3 aromatic carbocycles. The summed E-state index contributed by atoms with van der Waals surface area (Å²) in [6.45, 7) is 2.02. The Kier molecular flexibility index (Phi) is 7.77. The third-order valence-electron chi connectivity index (χ3n) is 7.71. The quantitative estimate of drug-likeness (QED) is 0.351. The van der Waals surface area contributed by atoms with Gasteiger partial charge in [-0.25, -0.2) is 0 Å². The summed E-state index contributed by atoms with van der Waals surface area (Å²) in [4.78, 5) is 18.4. The highest BCUT2D eigenvalue weighted by Crippen LogP contribution is 2.38. The lowest BCUT2D eigenvalue weighted by molar-refractivity contribution is 0.0895. The van der Waals surface area contributed by atoms with Crippen molar-refractivity contribution in [3.05, 3.63) is 100 Å². The number of carbonyl (C=O) groups is 1. The Balaban J connectivity index is 1.34. The molecule has 2 fully saturated rings. The van der Waals surface area contributed by atoms with Gasteiger partial charge >= 0.3 is 0 Å². The minimum Gasteiger partial charge on any atom is -0.305 e. The molecular weight excluding hydrogens is 475 g/mol. The van der Waals surface area contributed by atoms with Crippen molar-refractivity contribution < 1.29 is 4.79 Å².